The molecule has 278 valence electrons. The summed E-state index contributed by atoms with van der Waals surface area (Å²) in [4.78, 5) is 33.6. The molecule has 3 aromatic carbocycles. The Morgan fingerprint density at radius 2 is 1.56 bits per heavy atom. The number of H-pyrrole nitrogens is 3. The Hall–Kier alpha value is -6.44. The van der Waals surface area contributed by atoms with Crippen molar-refractivity contribution in [2.45, 2.75) is 19.5 Å². The van der Waals surface area contributed by atoms with Gasteiger partial charge in [0.05, 0.1) is 30.6 Å². The first kappa shape index (κ1) is 35.6. The Bertz CT molecular complexity index is 2600. The van der Waals surface area contributed by atoms with Crippen LogP contribution in [0.15, 0.2) is 103 Å². The third-order valence-electron chi connectivity index (χ3n) is 9.88. The first-order valence-corrected chi connectivity index (χ1v) is 18.9. The first-order chi connectivity index (χ1) is 26.8. The van der Waals surface area contributed by atoms with Crippen LogP contribution in [0.5, 0.6) is 5.75 Å². The van der Waals surface area contributed by atoms with Gasteiger partial charge in [-0.15, -0.1) is 11.3 Å². The lowest BCUT2D eigenvalue weighted by molar-refractivity contribution is 0.0945. The van der Waals surface area contributed by atoms with Gasteiger partial charge in [-0.2, -0.15) is 10.2 Å². The van der Waals surface area contributed by atoms with Gasteiger partial charge in [-0.05, 0) is 84.0 Å². The summed E-state index contributed by atoms with van der Waals surface area (Å²) in [6.45, 7) is 2.39. The third kappa shape index (κ3) is 7.52. The molecule has 2 amide bonds. The van der Waals surface area contributed by atoms with Gasteiger partial charge in [0.15, 0.2) is 0 Å². The molecule has 0 aliphatic rings. The van der Waals surface area contributed by atoms with E-state index < -0.39 is 0 Å². The maximum atomic E-state index is 13.9. The van der Waals surface area contributed by atoms with E-state index in [9.17, 15) is 9.59 Å². The molecular formula is C42H41N9O3S. The topological polar surface area (TPSA) is 149 Å². The van der Waals surface area contributed by atoms with E-state index in [0.29, 0.717) is 36.4 Å². The van der Waals surface area contributed by atoms with Gasteiger partial charge in [-0.1, -0.05) is 30.3 Å². The van der Waals surface area contributed by atoms with Gasteiger partial charge in [0.1, 0.15) is 5.75 Å². The zero-order chi connectivity index (χ0) is 37.9. The smallest absolute Gasteiger partial charge is 0.253 e. The molecule has 0 radical (unpaired) electrons. The Balaban J connectivity index is 0.949. The summed E-state index contributed by atoms with van der Waals surface area (Å²) in [7, 11) is 5.73. The number of nitrogens with zero attached hydrogens (tertiary/aromatic N) is 4. The SMILES string of the molecule is COc1ccc(-c2csc(CCNC(=O)c3c[nH]c4cc(-c5cn[nH]c5)ccc34)c2)c(CNC(=O)c2cn(CCN(C)C)c3cc(-c4cn[nH]c4)ccc23)c1. The number of carbonyl (C=O) groups is 2. The lowest BCUT2D eigenvalue weighted by Crippen LogP contribution is -2.25. The number of likely N-dealkylation sites (N-methyl/N-ethyl adjacent to an activating group) is 1. The van der Waals surface area contributed by atoms with Crippen molar-refractivity contribution in [2.24, 2.45) is 0 Å². The fraction of sp³-hybridized carbons (Fsp3) is 0.190. The maximum absolute atomic E-state index is 13.9. The van der Waals surface area contributed by atoms with Crippen molar-refractivity contribution in [3.8, 4) is 39.1 Å². The fourth-order valence-corrected chi connectivity index (χ4v) is 7.79. The standard InChI is InChI=1S/C42H41N9O3S/c1-50(2)12-13-51-24-38(36-8-5-27(17-40(36)51)31-21-48-49-22-31)42(53)45-18-28-14-32(54-3)6-9-34(28)29-15-33(55-25-29)10-11-43-41(52)37-23-44-39-16-26(4-7-35(37)39)30-19-46-47-20-30/h4-9,14-17,19-25,44H,10-13,18H2,1-3H3,(H,43,52)(H,45,53)(H,46,47)(H,48,49). The molecule has 5 aromatic heterocycles. The normalized spacial score (nSPS) is 11.5. The third-order valence-corrected chi connectivity index (χ3v) is 10.9. The van der Waals surface area contributed by atoms with Crippen LogP contribution >= 0.6 is 11.3 Å². The highest BCUT2D eigenvalue weighted by atomic mass is 32.1. The Morgan fingerprint density at radius 3 is 2.29 bits per heavy atom. The van der Waals surface area contributed by atoms with Crippen LogP contribution in [0, 0.1) is 0 Å². The average molecular weight is 752 g/mol. The van der Waals surface area contributed by atoms with E-state index in [-0.39, 0.29) is 11.8 Å². The number of fused-ring (bicyclic) bond motifs is 2. The van der Waals surface area contributed by atoms with Crippen molar-refractivity contribution in [3.05, 3.63) is 125 Å². The molecule has 0 aliphatic carbocycles. The number of benzene rings is 3. The van der Waals surface area contributed by atoms with Crippen LogP contribution in [-0.4, -0.2) is 81.0 Å². The molecule has 5 heterocycles. The number of amides is 2. The number of thiophene rings is 1. The summed E-state index contributed by atoms with van der Waals surface area (Å²) in [5, 5.41) is 24.0. The van der Waals surface area contributed by atoms with E-state index >= 15 is 0 Å². The summed E-state index contributed by atoms with van der Waals surface area (Å²) >= 11 is 1.65. The number of aromatic nitrogens is 6. The molecule has 0 saturated carbocycles. The molecule has 13 heteroatoms. The Kier molecular flexibility index (Phi) is 10.0. The van der Waals surface area contributed by atoms with Crippen molar-refractivity contribution in [3.63, 3.8) is 0 Å². The van der Waals surface area contributed by atoms with Crippen LogP contribution in [0.3, 0.4) is 0 Å². The van der Waals surface area contributed by atoms with Crippen LogP contribution in [0.25, 0.3) is 55.2 Å². The molecule has 0 bridgehead atoms. The summed E-state index contributed by atoms with van der Waals surface area (Å²) < 4.78 is 7.73. The predicted octanol–water partition coefficient (Wildman–Crippen LogP) is 7.10. The molecule has 0 unspecified atom stereocenters. The van der Waals surface area contributed by atoms with Crippen LogP contribution in [0.4, 0.5) is 0 Å². The van der Waals surface area contributed by atoms with Crippen molar-refractivity contribution in [1.82, 2.24) is 45.5 Å². The number of hydrogen-bond acceptors (Lipinski definition) is 7. The lowest BCUT2D eigenvalue weighted by atomic mass is 10.0. The largest absolute Gasteiger partial charge is 0.497 e. The van der Waals surface area contributed by atoms with E-state index in [4.69, 9.17) is 4.74 Å². The highest BCUT2D eigenvalue weighted by Crippen LogP contribution is 2.33. The molecule has 0 aliphatic heterocycles. The summed E-state index contributed by atoms with van der Waals surface area (Å²) in [5.41, 5.74) is 10.2. The number of hydrogen-bond donors (Lipinski definition) is 5. The monoisotopic (exact) mass is 751 g/mol. The average Bonchev–Trinajstić information content (AvgIpc) is 4.06. The van der Waals surface area contributed by atoms with Gasteiger partial charge < -0.3 is 29.8 Å². The predicted molar refractivity (Wildman–Crippen MR) is 217 cm³/mol. The molecule has 0 atom stereocenters. The molecule has 5 N–H and O–H groups in total. The Labute approximate surface area is 321 Å². The number of rotatable bonds is 14. The number of nitrogens with one attached hydrogen (secondary N) is 5. The van der Waals surface area contributed by atoms with Crippen LogP contribution in [0.1, 0.15) is 31.2 Å². The summed E-state index contributed by atoms with van der Waals surface area (Å²) in [6.07, 6.45) is 11.7. The second-order valence-electron chi connectivity index (χ2n) is 13.7. The number of carbonyl (C=O) groups excluding carboxylic acids is 2. The lowest BCUT2D eigenvalue weighted by Gasteiger charge is -2.12. The van der Waals surface area contributed by atoms with E-state index in [1.807, 2.05) is 81.2 Å². The molecular weight excluding hydrogens is 711 g/mol. The van der Waals surface area contributed by atoms with Crippen molar-refractivity contribution < 1.29 is 14.3 Å². The minimum Gasteiger partial charge on any atom is -0.497 e. The molecule has 0 saturated heterocycles. The minimum absolute atomic E-state index is 0.119. The first-order valence-electron chi connectivity index (χ1n) is 18.0. The van der Waals surface area contributed by atoms with Crippen LogP contribution < -0.4 is 15.4 Å². The van der Waals surface area contributed by atoms with E-state index in [0.717, 1.165) is 78.7 Å². The molecule has 8 aromatic rings. The van der Waals surface area contributed by atoms with E-state index in [2.05, 4.69) is 63.0 Å². The second kappa shape index (κ2) is 15.5. The molecule has 12 nitrogen and oxygen atoms in total. The zero-order valence-corrected chi connectivity index (χ0v) is 31.6. The summed E-state index contributed by atoms with van der Waals surface area (Å²) in [6, 6.07) is 20.3. The van der Waals surface area contributed by atoms with E-state index in [1.165, 1.54) is 0 Å². The number of methoxy groups -OCH3 is 1. The van der Waals surface area contributed by atoms with Gasteiger partial charge in [0.2, 0.25) is 0 Å². The van der Waals surface area contributed by atoms with E-state index in [1.54, 1.807) is 37.0 Å². The van der Waals surface area contributed by atoms with Gasteiger partial charge in [-0.25, -0.2) is 0 Å². The molecule has 0 fully saturated rings. The highest BCUT2D eigenvalue weighted by Gasteiger charge is 2.18. The van der Waals surface area contributed by atoms with Gasteiger partial charge in [0, 0.05) is 88.8 Å². The summed E-state index contributed by atoms with van der Waals surface area (Å²) in [5.74, 6) is 0.452. The number of ether oxygens (including phenoxy) is 1. The molecule has 8 rings (SSSR count). The Morgan fingerprint density at radius 1 is 0.818 bits per heavy atom. The minimum atomic E-state index is -0.145. The zero-order valence-electron chi connectivity index (χ0n) is 30.8. The molecule has 55 heavy (non-hydrogen) atoms. The van der Waals surface area contributed by atoms with Gasteiger partial charge in [-0.3, -0.25) is 19.8 Å². The second-order valence-corrected chi connectivity index (χ2v) is 14.7. The van der Waals surface area contributed by atoms with Gasteiger partial charge >= 0.3 is 0 Å². The maximum Gasteiger partial charge on any atom is 0.253 e. The van der Waals surface area contributed by atoms with Crippen molar-refractivity contribution >= 4 is 45.0 Å². The van der Waals surface area contributed by atoms with Crippen LogP contribution in [-0.2, 0) is 19.5 Å². The van der Waals surface area contributed by atoms with Crippen molar-refractivity contribution in [2.75, 3.05) is 34.3 Å². The van der Waals surface area contributed by atoms with Crippen molar-refractivity contribution in [1.29, 1.82) is 0 Å². The fourth-order valence-electron chi connectivity index (χ4n) is 6.90. The van der Waals surface area contributed by atoms with Crippen LogP contribution in [0.2, 0.25) is 0 Å². The molecule has 0 spiro atoms. The number of aromatic amines is 3. The van der Waals surface area contributed by atoms with Gasteiger partial charge in [0.25, 0.3) is 11.8 Å². The quantitative estimate of drug-likeness (QED) is 0.0801. The highest BCUT2D eigenvalue weighted by molar-refractivity contribution is 7.10.